The monoisotopic (exact) mass is 250 g/mol. The highest BCUT2D eigenvalue weighted by Crippen LogP contribution is 2.20. The Morgan fingerprint density at radius 2 is 2.22 bits per heavy atom. The number of ether oxygens (including phenoxy) is 1. The van der Waals surface area contributed by atoms with Gasteiger partial charge in [-0.15, -0.1) is 0 Å². The molecule has 2 heterocycles. The Balaban J connectivity index is 1.90. The van der Waals surface area contributed by atoms with Gasteiger partial charge >= 0.3 is 0 Å². The van der Waals surface area contributed by atoms with Crippen LogP contribution in [0.1, 0.15) is 18.9 Å². The molecule has 0 saturated carbocycles. The first-order valence-corrected chi connectivity index (χ1v) is 6.59. The molecule has 1 aromatic heterocycles. The highest BCUT2D eigenvalue weighted by Gasteiger charge is 2.23. The first-order chi connectivity index (χ1) is 8.83. The normalized spacial score (nSPS) is 19.4. The molecular formula is C13H22N4O. The maximum absolute atomic E-state index is 5.20. The number of methoxy groups -OCH3 is 1. The van der Waals surface area contributed by atoms with Gasteiger partial charge in [0.25, 0.3) is 0 Å². The van der Waals surface area contributed by atoms with Gasteiger partial charge in [-0.05, 0) is 13.0 Å². The number of aromatic nitrogens is 2. The van der Waals surface area contributed by atoms with Crippen molar-refractivity contribution in [2.45, 2.75) is 19.9 Å². The zero-order chi connectivity index (χ0) is 12.8. The minimum absolute atomic E-state index is 0.611. The van der Waals surface area contributed by atoms with Crippen molar-refractivity contribution in [2.24, 2.45) is 5.92 Å². The van der Waals surface area contributed by atoms with E-state index in [0.29, 0.717) is 5.92 Å². The number of hydrogen-bond donors (Lipinski definition) is 1. The zero-order valence-corrected chi connectivity index (χ0v) is 11.2. The van der Waals surface area contributed by atoms with E-state index in [-0.39, 0.29) is 0 Å². The molecule has 0 spiro atoms. The van der Waals surface area contributed by atoms with Gasteiger partial charge in [-0.25, -0.2) is 9.97 Å². The molecule has 0 amide bonds. The molecule has 5 nitrogen and oxygen atoms in total. The van der Waals surface area contributed by atoms with Gasteiger partial charge in [-0.1, -0.05) is 6.92 Å². The van der Waals surface area contributed by atoms with E-state index >= 15 is 0 Å². The summed E-state index contributed by atoms with van der Waals surface area (Å²) < 4.78 is 5.20. The summed E-state index contributed by atoms with van der Waals surface area (Å²) in [6.07, 6.45) is 4.99. The van der Waals surface area contributed by atoms with Gasteiger partial charge in [-0.3, -0.25) is 0 Å². The van der Waals surface area contributed by atoms with Crippen LogP contribution < -0.4 is 10.2 Å². The predicted octanol–water partition coefficient (Wildman–Crippen LogP) is 1.06. The van der Waals surface area contributed by atoms with Crippen molar-refractivity contribution in [1.82, 2.24) is 15.3 Å². The Labute approximate surface area is 109 Å². The van der Waals surface area contributed by atoms with Gasteiger partial charge in [0.15, 0.2) is 0 Å². The molecule has 1 N–H and O–H groups in total. The third-order valence-electron chi connectivity index (χ3n) is 3.24. The largest absolute Gasteiger partial charge is 0.384 e. The van der Waals surface area contributed by atoms with E-state index in [1.807, 2.05) is 12.4 Å². The summed E-state index contributed by atoms with van der Waals surface area (Å²) in [7, 11) is 1.76. The zero-order valence-electron chi connectivity index (χ0n) is 11.2. The molecular weight excluding hydrogens is 228 g/mol. The highest BCUT2D eigenvalue weighted by molar-refractivity contribution is 5.31. The van der Waals surface area contributed by atoms with Crippen LogP contribution in [0.15, 0.2) is 12.4 Å². The lowest BCUT2D eigenvalue weighted by Gasteiger charge is -2.16. The second-order valence-electron chi connectivity index (χ2n) is 4.73. The fourth-order valence-corrected chi connectivity index (χ4v) is 2.26. The van der Waals surface area contributed by atoms with Crippen LogP contribution in [0.2, 0.25) is 0 Å². The van der Waals surface area contributed by atoms with Crippen LogP contribution in [-0.4, -0.2) is 43.3 Å². The number of nitrogens with one attached hydrogen (secondary N) is 1. The summed E-state index contributed by atoms with van der Waals surface area (Å²) in [5.41, 5.74) is 1.13. The summed E-state index contributed by atoms with van der Waals surface area (Å²) in [6.45, 7) is 6.75. The topological polar surface area (TPSA) is 50.3 Å². The summed E-state index contributed by atoms with van der Waals surface area (Å²) in [6, 6.07) is 0. The molecule has 0 aromatic carbocycles. The molecule has 1 atom stereocenters. The number of anilines is 1. The maximum atomic E-state index is 5.20. The quantitative estimate of drug-likeness (QED) is 0.818. The highest BCUT2D eigenvalue weighted by atomic mass is 16.5. The first kappa shape index (κ1) is 13.2. The van der Waals surface area contributed by atoms with Crippen molar-refractivity contribution in [3.63, 3.8) is 0 Å². The molecule has 0 bridgehead atoms. The van der Waals surface area contributed by atoms with E-state index in [0.717, 1.165) is 50.7 Å². The third kappa shape index (κ3) is 3.40. The lowest BCUT2D eigenvalue weighted by atomic mass is 10.1. The average molecular weight is 250 g/mol. The van der Waals surface area contributed by atoms with Crippen LogP contribution in [0.3, 0.4) is 0 Å². The summed E-state index contributed by atoms with van der Waals surface area (Å²) >= 11 is 0. The molecule has 1 fully saturated rings. The molecule has 1 aliphatic heterocycles. The van der Waals surface area contributed by atoms with E-state index < -0.39 is 0 Å². The molecule has 0 radical (unpaired) electrons. The lowest BCUT2D eigenvalue weighted by Crippen LogP contribution is -2.23. The van der Waals surface area contributed by atoms with Gasteiger partial charge in [-0.2, -0.15) is 0 Å². The molecule has 5 heteroatoms. The van der Waals surface area contributed by atoms with Crippen LogP contribution in [0.25, 0.3) is 0 Å². The van der Waals surface area contributed by atoms with Crippen LogP contribution in [-0.2, 0) is 11.3 Å². The number of nitrogens with zero attached hydrogens (tertiary/aromatic N) is 3. The van der Waals surface area contributed by atoms with E-state index in [2.05, 4.69) is 27.1 Å². The van der Waals surface area contributed by atoms with E-state index in [4.69, 9.17) is 4.74 Å². The van der Waals surface area contributed by atoms with Crippen LogP contribution in [0.4, 0.5) is 5.95 Å². The van der Waals surface area contributed by atoms with Gasteiger partial charge in [0.05, 0.1) is 6.61 Å². The molecule has 100 valence electrons. The minimum Gasteiger partial charge on any atom is -0.384 e. The summed E-state index contributed by atoms with van der Waals surface area (Å²) in [5, 5.41) is 3.27. The fourth-order valence-electron chi connectivity index (χ4n) is 2.26. The van der Waals surface area contributed by atoms with Crippen molar-refractivity contribution < 1.29 is 4.74 Å². The fraction of sp³-hybridized carbons (Fsp3) is 0.692. The minimum atomic E-state index is 0.611. The van der Waals surface area contributed by atoms with Gasteiger partial charge in [0, 0.05) is 50.6 Å². The molecule has 1 unspecified atom stereocenters. The van der Waals surface area contributed by atoms with Crippen molar-refractivity contribution in [3.8, 4) is 0 Å². The smallest absolute Gasteiger partial charge is 0.225 e. The second-order valence-corrected chi connectivity index (χ2v) is 4.73. The summed E-state index contributed by atoms with van der Waals surface area (Å²) in [5.74, 6) is 1.45. The predicted molar refractivity (Wildman–Crippen MR) is 71.6 cm³/mol. The van der Waals surface area contributed by atoms with E-state index in [1.54, 1.807) is 7.11 Å². The van der Waals surface area contributed by atoms with Gasteiger partial charge in [0.1, 0.15) is 0 Å². The van der Waals surface area contributed by atoms with E-state index in [9.17, 15) is 0 Å². The van der Waals surface area contributed by atoms with Gasteiger partial charge in [0.2, 0.25) is 5.95 Å². The Morgan fingerprint density at radius 3 is 2.89 bits per heavy atom. The maximum Gasteiger partial charge on any atom is 0.225 e. The number of hydrogen-bond acceptors (Lipinski definition) is 5. The van der Waals surface area contributed by atoms with Crippen molar-refractivity contribution in [2.75, 3.05) is 38.3 Å². The third-order valence-corrected chi connectivity index (χ3v) is 3.24. The molecule has 1 saturated heterocycles. The lowest BCUT2D eigenvalue weighted by molar-refractivity contribution is 0.161. The Kier molecular flexibility index (Phi) is 4.90. The Morgan fingerprint density at radius 1 is 1.44 bits per heavy atom. The molecule has 1 aromatic rings. The Hall–Kier alpha value is -1.20. The average Bonchev–Trinajstić information content (AvgIpc) is 2.86. The van der Waals surface area contributed by atoms with Crippen molar-refractivity contribution in [1.29, 1.82) is 0 Å². The second kappa shape index (κ2) is 6.66. The first-order valence-electron chi connectivity index (χ1n) is 6.59. The van der Waals surface area contributed by atoms with Crippen LogP contribution in [0.5, 0.6) is 0 Å². The standard InChI is InChI=1S/C13H22N4O/c1-3-14-6-12-7-15-13(16-8-12)17-5-4-11(9-17)10-18-2/h7-8,11,14H,3-6,9-10H2,1-2H3. The van der Waals surface area contributed by atoms with Crippen LogP contribution >= 0.6 is 0 Å². The van der Waals surface area contributed by atoms with Gasteiger partial charge < -0.3 is 15.0 Å². The van der Waals surface area contributed by atoms with Crippen molar-refractivity contribution >= 4 is 5.95 Å². The SMILES string of the molecule is CCNCc1cnc(N2CCC(COC)C2)nc1. The molecule has 2 rings (SSSR count). The van der Waals surface area contributed by atoms with Crippen LogP contribution in [0, 0.1) is 5.92 Å². The number of rotatable bonds is 6. The molecule has 18 heavy (non-hydrogen) atoms. The Bertz CT molecular complexity index is 355. The summed E-state index contributed by atoms with van der Waals surface area (Å²) in [4.78, 5) is 11.1. The van der Waals surface area contributed by atoms with Crippen molar-refractivity contribution in [3.05, 3.63) is 18.0 Å². The van der Waals surface area contributed by atoms with E-state index in [1.165, 1.54) is 0 Å². The molecule has 0 aliphatic carbocycles. The molecule has 1 aliphatic rings.